The smallest absolute Gasteiger partial charge is 0.0613 e. The van der Waals surface area contributed by atoms with Crippen molar-refractivity contribution in [3.05, 3.63) is 0 Å². The van der Waals surface area contributed by atoms with Gasteiger partial charge >= 0.3 is 0 Å². The first-order valence-electron chi connectivity index (χ1n) is 5.65. The first kappa shape index (κ1) is 11.0. The summed E-state index contributed by atoms with van der Waals surface area (Å²) in [5.74, 6) is 0. The number of aliphatic hydroxyl groups excluding tert-OH is 1. The molecule has 2 heteroatoms. The van der Waals surface area contributed by atoms with Crippen LogP contribution in [0.4, 0.5) is 0 Å². The summed E-state index contributed by atoms with van der Waals surface area (Å²) in [6.07, 6.45) is 7.12. The van der Waals surface area contributed by atoms with Crippen LogP contribution in [-0.2, 0) is 0 Å². The lowest BCUT2D eigenvalue weighted by Crippen LogP contribution is -2.49. The Bertz CT molecular complexity index is 137. The molecule has 1 rings (SSSR count). The van der Waals surface area contributed by atoms with Crippen LogP contribution in [0.2, 0.25) is 0 Å². The van der Waals surface area contributed by atoms with Crippen molar-refractivity contribution < 1.29 is 5.11 Å². The monoisotopic (exact) mass is 185 g/mol. The Kier molecular flexibility index (Phi) is 4.20. The first-order chi connectivity index (χ1) is 6.26. The van der Waals surface area contributed by atoms with Crippen LogP contribution in [0.1, 0.15) is 52.4 Å². The first-order valence-corrected chi connectivity index (χ1v) is 5.65. The van der Waals surface area contributed by atoms with Crippen LogP contribution in [-0.4, -0.2) is 23.3 Å². The molecule has 0 atom stereocenters. The van der Waals surface area contributed by atoms with E-state index in [4.69, 9.17) is 0 Å². The third-order valence-electron chi connectivity index (χ3n) is 2.85. The van der Waals surface area contributed by atoms with Crippen LogP contribution < -0.4 is 5.32 Å². The van der Waals surface area contributed by atoms with Crippen LogP contribution in [0.3, 0.4) is 0 Å². The molecule has 0 radical (unpaired) electrons. The van der Waals surface area contributed by atoms with Gasteiger partial charge in [-0.25, -0.2) is 0 Å². The largest absolute Gasteiger partial charge is 0.394 e. The molecule has 0 spiro atoms. The average molecular weight is 185 g/mol. The minimum atomic E-state index is 0.0324. The van der Waals surface area contributed by atoms with E-state index in [2.05, 4.69) is 19.2 Å². The Balaban J connectivity index is 2.44. The maximum absolute atomic E-state index is 9.45. The van der Waals surface area contributed by atoms with Gasteiger partial charge in [-0.1, -0.05) is 26.7 Å². The lowest BCUT2D eigenvalue weighted by atomic mass is 9.89. The Labute approximate surface area is 81.7 Å². The van der Waals surface area contributed by atoms with Gasteiger partial charge in [0.15, 0.2) is 0 Å². The van der Waals surface area contributed by atoms with Gasteiger partial charge in [-0.05, 0) is 25.7 Å². The van der Waals surface area contributed by atoms with Crippen molar-refractivity contribution in [2.45, 2.75) is 64.0 Å². The quantitative estimate of drug-likeness (QED) is 0.636. The molecule has 0 aromatic heterocycles. The zero-order valence-electron chi connectivity index (χ0n) is 8.97. The molecule has 2 nitrogen and oxygen atoms in total. The Morgan fingerprint density at radius 2 is 1.77 bits per heavy atom. The molecule has 2 N–H and O–H groups in total. The maximum Gasteiger partial charge on any atom is 0.0613 e. The number of hydrogen-bond donors (Lipinski definition) is 2. The molecular weight excluding hydrogens is 162 g/mol. The van der Waals surface area contributed by atoms with Gasteiger partial charge in [-0.2, -0.15) is 0 Å². The second-order valence-electron chi connectivity index (χ2n) is 4.36. The summed E-state index contributed by atoms with van der Waals surface area (Å²) in [4.78, 5) is 0. The molecule has 78 valence electrons. The summed E-state index contributed by atoms with van der Waals surface area (Å²) >= 11 is 0. The summed E-state index contributed by atoms with van der Waals surface area (Å²) < 4.78 is 0. The molecule has 1 aliphatic rings. The minimum Gasteiger partial charge on any atom is -0.394 e. The van der Waals surface area contributed by atoms with Crippen molar-refractivity contribution in [1.29, 1.82) is 0 Å². The van der Waals surface area contributed by atoms with E-state index in [1.165, 1.54) is 12.8 Å². The summed E-state index contributed by atoms with van der Waals surface area (Å²) in [5.41, 5.74) is 0.0324. The second-order valence-corrected chi connectivity index (χ2v) is 4.36. The molecule has 0 saturated heterocycles. The Hall–Kier alpha value is -0.0800. The molecule has 0 amide bonds. The van der Waals surface area contributed by atoms with Crippen molar-refractivity contribution in [1.82, 2.24) is 5.32 Å². The van der Waals surface area contributed by atoms with Gasteiger partial charge in [-0.15, -0.1) is 0 Å². The van der Waals surface area contributed by atoms with Gasteiger partial charge in [-0.3, -0.25) is 0 Å². The average Bonchev–Trinajstić information content (AvgIpc) is 2.89. The normalized spacial score (nSPS) is 17.8. The van der Waals surface area contributed by atoms with E-state index in [0.29, 0.717) is 12.6 Å². The Morgan fingerprint density at radius 3 is 2.08 bits per heavy atom. The van der Waals surface area contributed by atoms with Crippen molar-refractivity contribution in [2.75, 3.05) is 6.61 Å². The van der Waals surface area contributed by atoms with E-state index in [9.17, 15) is 5.11 Å². The van der Waals surface area contributed by atoms with Crippen molar-refractivity contribution >= 4 is 0 Å². The number of aliphatic hydroxyl groups is 1. The lowest BCUT2D eigenvalue weighted by molar-refractivity contribution is 0.138. The molecule has 0 aromatic carbocycles. The number of rotatable bonds is 7. The van der Waals surface area contributed by atoms with Gasteiger partial charge in [0.05, 0.1) is 6.61 Å². The molecule has 13 heavy (non-hydrogen) atoms. The fourth-order valence-corrected chi connectivity index (χ4v) is 2.09. The predicted octanol–water partition coefficient (Wildman–Crippen LogP) is 2.07. The van der Waals surface area contributed by atoms with Crippen molar-refractivity contribution in [3.63, 3.8) is 0 Å². The van der Waals surface area contributed by atoms with E-state index >= 15 is 0 Å². The molecule has 1 fully saturated rings. The number of nitrogens with one attached hydrogen (secondary N) is 1. The van der Waals surface area contributed by atoms with Gasteiger partial charge in [0, 0.05) is 11.6 Å². The minimum absolute atomic E-state index is 0.0324. The SMILES string of the molecule is CCCC(CO)(CCC)NC1CC1. The van der Waals surface area contributed by atoms with Gasteiger partial charge in [0.2, 0.25) is 0 Å². The summed E-state index contributed by atoms with van der Waals surface area (Å²) in [7, 11) is 0. The topological polar surface area (TPSA) is 32.3 Å². The zero-order valence-corrected chi connectivity index (χ0v) is 8.97. The molecule has 0 aromatic rings. The van der Waals surface area contributed by atoms with E-state index in [-0.39, 0.29) is 5.54 Å². The molecule has 0 bridgehead atoms. The molecule has 0 aliphatic heterocycles. The van der Waals surface area contributed by atoms with Gasteiger partial charge < -0.3 is 10.4 Å². The fourth-order valence-electron chi connectivity index (χ4n) is 2.09. The third kappa shape index (κ3) is 3.28. The molecule has 0 unspecified atom stereocenters. The van der Waals surface area contributed by atoms with E-state index in [1.54, 1.807) is 0 Å². The number of hydrogen-bond acceptors (Lipinski definition) is 2. The fraction of sp³-hybridized carbons (Fsp3) is 1.00. The van der Waals surface area contributed by atoms with Crippen LogP contribution >= 0.6 is 0 Å². The highest BCUT2D eigenvalue weighted by atomic mass is 16.3. The zero-order chi connectivity index (χ0) is 9.73. The van der Waals surface area contributed by atoms with Crippen LogP contribution in [0, 0.1) is 0 Å². The van der Waals surface area contributed by atoms with Crippen LogP contribution in [0.25, 0.3) is 0 Å². The lowest BCUT2D eigenvalue weighted by Gasteiger charge is -2.33. The highest BCUT2D eigenvalue weighted by Crippen LogP contribution is 2.27. The van der Waals surface area contributed by atoms with E-state index in [0.717, 1.165) is 25.7 Å². The van der Waals surface area contributed by atoms with E-state index < -0.39 is 0 Å². The summed E-state index contributed by atoms with van der Waals surface area (Å²) in [6.45, 7) is 4.68. The Morgan fingerprint density at radius 1 is 1.23 bits per heavy atom. The molecule has 1 saturated carbocycles. The van der Waals surface area contributed by atoms with Crippen LogP contribution in [0.15, 0.2) is 0 Å². The van der Waals surface area contributed by atoms with Crippen molar-refractivity contribution in [3.8, 4) is 0 Å². The van der Waals surface area contributed by atoms with Gasteiger partial charge in [0.1, 0.15) is 0 Å². The molecule has 1 aliphatic carbocycles. The standard InChI is InChI=1S/C11H23NO/c1-3-7-11(9-13,8-4-2)12-10-5-6-10/h10,12-13H,3-9H2,1-2H3. The summed E-state index contributed by atoms with van der Waals surface area (Å²) in [6, 6.07) is 0.699. The highest BCUT2D eigenvalue weighted by molar-refractivity contribution is 4.94. The highest BCUT2D eigenvalue weighted by Gasteiger charge is 2.34. The maximum atomic E-state index is 9.45. The summed E-state index contributed by atoms with van der Waals surface area (Å²) in [5, 5.41) is 13.1. The molecule has 0 heterocycles. The van der Waals surface area contributed by atoms with E-state index in [1.807, 2.05) is 0 Å². The van der Waals surface area contributed by atoms with Crippen molar-refractivity contribution in [2.24, 2.45) is 0 Å². The predicted molar refractivity (Wildman–Crippen MR) is 55.8 cm³/mol. The molecular formula is C11H23NO. The second kappa shape index (κ2) is 4.97. The van der Waals surface area contributed by atoms with Gasteiger partial charge in [0.25, 0.3) is 0 Å². The van der Waals surface area contributed by atoms with Crippen LogP contribution in [0.5, 0.6) is 0 Å². The third-order valence-corrected chi connectivity index (χ3v) is 2.85.